The summed E-state index contributed by atoms with van der Waals surface area (Å²) in [7, 11) is -3.21. The van der Waals surface area contributed by atoms with Crippen LogP contribution in [0, 0.1) is 0 Å². The lowest BCUT2D eigenvalue weighted by atomic mass is 10.1. The first kappa shape index (κ1) is 12.8. The maximum absolute atomic E-state index is 11.9. The van der Waals surface area contributed by atoms with Gasteiger partial charge in [-0.3, -0.25) is 4.79 Å². The van der Waals surface area contributed by atoms with Crippen LogP contribution in [0.5, 0.6) is 0 Å². The molecule has 0 aromatic heterocycles. The Bertz CT molecular complexity index is 866. The second-order valence-corrected chi connectivity index (χ2v) is 6.76. The number of hydrogen-bond donors (Lipinski definition) is 0. The van der Waals surface area contributed by atoms with Gasteiger partial charge < -0.3 is 0 Å². The van der Waals surface area contributed by atoms with Gasteiger partial charge in [0, 0.05) is 17.4 Å². The Hall–Kier alpha value is -2.20. The van der Waals surface area contributed by atoms with Crippen molar-refractivity contribution in [2.45, 2.75) is 4.90 Å². The minimum absolute atomic E-state index is 0.0308. The van der Waals surface area contributed by atoms with Crippen molar-refractivity contribution in [3.05, 3.63) is 64.8 Å². The molecule has 100 valence electrons. The molecular formula is C16H12O3S. The molecule has 0 N–H and O–H groups in total. The largest absolute Gasteiger partial charge is 0.289 e. The molecule has 4 heteroatoms. The van der Waals surface area contributed by atoms with Crippen molar-refractivity contribution in [3.63, 3.8) is 0 Å². The molecule has 3 rings (SSSR count). The molecule has 0 aliphatic rings. The average Bonchev–Trinajstić information content (AvgIpc) is 3.10. The third kappa shape index (κ3) is 2.18. The van der Waals surface area contributed by atoms with Crippen LogP contribution < -0.4 is 5.43 Å². The highest BCUT2D eigenvalue weighted by Gasteiger charge is 2.25. The molecule has 0 aliphatic heterocycles. The summed E-state index contributed by atoms with van der Waals surface area (Å²) in [5.74, 6) is 0. The first-order valence-electron chi connectivity index (χ1n) is 6.13. The summed E-state index contributed by atoms with van der Waals surface area (Å²) in [5, 5.41) is 0. The van der Waals surface area contributed by atoms with Crippen LogP contribution in [0.1, 0.15) is 0 Å². The highest BCUT2D eigenvalue weighted by molar-refractivity contribution is 7.90. The smallest absolute Gasteiger partial charge is 0.195 e. The number of benzene rings is 2. The summed E-state index contributed by atoms with van der Waals surface area (Å²) in [6.45, 7) is 0. The van der Waals surface area contributed by atoms with E-state index in [2.05, 4.69) is 0 Å². The van der Waals surface area contributed by atoms with Gasteiger partial charge in [0.1, 0.15) is 0 Å². The Labute approximate surface area is 117 Å². The average molecular weight is 284 g/mol. The third-order valence-corrected chi connectivity index (χ3v) is 4.40. The van der Waals surface area contributed by atoms with Gasteiger partial charge in [-0.15, -0.1) is 0 Å². The lowest BCUT2D eigenvalue weighted by molar-refractivity contribution is 0.602. The lowest BCUT2D eigenvalue weighted by Gasteiger charge is -1.98. The molecule has 0 bridgehead atoms. The molecule has 0 aliphatic carbocycles. The number of hydrogen-bond acceptors (Lipinski definition) is 3. The molecule has 0 radical (unpaired) electrons. The zero-order valence-corrected chi connectivity index (χ0v) is 11.6. The number of sulfone groups is 1. The van der Waals surface area contributed by atoms with Crippen molar-refractivity contribution in [1.29, 1.82) is 0 Å². The Balaban J connectivity index is 1.99. The van der Waals surface area contributed by atoms with Crippen molar-refractivity contribution in [1.82, 2.24) is 0 Å². The zero-order chi connectivity index (χ0) is 14.3. The van der Waals surface area contributed by atoms with Gasteiger partial charge in [0.25, 0.3) is 0 Å². The fourth-order valence-corrected chi connectivity index (χ4v) is 2.83. The summed E-state index contributed by atoms with van der Waals surface area (Å²) >= 11 is 0. The Morgan fingerprint density at radius 3 is 1.75 bits per heavy atom. The van der Waals surface area contributed by atoms with E-state index in [0.717, 1.165) is 16.7 Å². The maximum atomic E-state index is 11.9. The molecule has 20 heavy (non-hydrogen) atoms. The van der Waals surface area contributed by atoms with Gasteiger partial charge in [-0.1, -0.05) is 42.5 Å². The van der Waals surface area contributed by atoms with Crippen LogP contribution in [-0.2, 0) is 9.84 Å². The first-order valence-corrected chi connectivity index (χ1v) is 8.02. The van der Waals surface area contributed by atoms with Crippen LogP contribution >= 0.6 is 0 Å². The van der Waals surface area contributed by atoms with Gasteiger partial charge in [-0.2, -0.15) is 0 Å². The fraction of sp³-hybridized carbons (Fsp3) is 0.0625. The number of rotatable bonds is 3. The van der Waals surface area contributed by atoms with Crippen LogP contribution in [0.15, 0.2) is 64.3 Å². The molecule has 0 saturated heterocycles. The Morgan fingerprint density at radius 2 is 1.25 bits per heavy atom. The minimum Gasteiger partial charge on any atom is -0.289 e. The van der Waals surface area contributed by atoms with E-state index in [1.54, 1.807) is 12.1 Å². The third-order valence-electron chi connectivity index (χ3n) is 3.28. The topological polar surface area (TPSA) is 51.2 Å². The molecule has 0 heterocycles. The van der Waals surface area contributed by atoms with E-state index in [1.807, 2.05) is 30.3 Å². The molecule has 0 saturated carbocycles. The van der Waals surface area contributed by atoms with Crippen LogP contribution in [0.3, 0.4) is 0 Å². The Morgan fingerprint density at radius 1 is 0.750 bits per heavy atom. The van der Waals surface area contributed by atoms with Crippen molar-refractivity contribution < 1.29 is 8.42 Å². The maximum Gasteiger partial charge on any atom is 0.195 e. The van der Waals surface area contributed by atoms with Gasteiger partial charge in [0.2, 0.25) is 0 Å². The molecule has 0 atom stereocenters. The van der Waals surface area contributed by atoms with E-state index in [1.165, 1.54) is 18.4 Å². The molecule has 0 unspecified atom stereocenters. The van der Waals surface area contributed by atoms with E-state index in [0.29, 0.717) is 5.56 Å². The van der Waals surface area contributed by atoms with Crippen molar-refractivity contribution in [2.24, 2.45) is 0 Å². The lowest BCUT2D eigenvalue weighted by Crippen LogP contribution is -1.95. The van der Waals surface area contributed by atoms with Gasteiger partial charge in [0.05, 0.1) is 4.90 Å². The normalized spacial score (nSPS) is 11.8. The first-order chi connectivity index (χ1) is 9.48. The summed E-state index contributed by atoms with van der Waals surface area (Å²) in [4.78, 5) is 12.2. The molecule has 3 nitrogen and oxygen atoms in total. The second-order valence-electron chi connectivity index (χ2n) is 4.74. The highest BCUT2D eigenvalue weighted by atomic mass is 32.2. The standard InChI is InChI=1S/C16H12O3S/c1-20(18,19)13-9-7-12(8-10-13)15-14(16(15)17)11-5-3-2-4-6-11/h2-10H,1H3. The van der Waals surface area contributed by atoms with Gasteiger partial charge in [-0.05, 0) is 23.3 Å². The quantitative estimate of drug-likeness (QED) is 0.743. The van der Waals surface area contributed by atoms with Gasteiger partial charge in [-0.25, -0.2) is 8.42 Å². The predicted molar refractivity (Wildman–Crippen MR) is 79.1 cm³/mol. The highest BCUT2D eigenvalue weighted by Crippen LogP contribution is 2.34. The van der Waals surface area contributed by atoms with Crippen molar-refractivity contribution in [3.8, 4) is 22.3 Å². The molecule has 0 amide bonds. The Kier molecular flexibility index (Phi) is 2.83. The predicted octanol–water partition coefficient (Wildman–Crippen LogP) is 2.66. The van der Waals surface area contributed by atoms with Gasteiger partial charge >= 0.3 is 0 Å². The van der Waals surface area contributed by atoms with E-state index >= 15 is 0 Å². The summed E-state index contributed by atoms with van der Waals surface area (Å²) in [6.07, 6.45) is 1.17. The van der Waals surface area contributed by atoms with Crippen LogP contribution in [-0.4, -0.2) is 14.7 Å². The van der Waals surface area contributed by atoms with Crippen molar-refractivity contribution >= 4 is 9.84 Å². The summed E-state index contributed by atoms with van der Waals surface area (Å²) in [6, 6.07) is 15.9. The van der Waals surface area contributed by atoms with E-state index in [4.69, 9.17) is 0 Å². The van der Waals surface area contributed by atoms with Crippen molar-refractivity contribution in [2.75, 3.05) is 6.26 Å². The summed E-state index contributed by atoms with van der Waals surface area (Å²) in [5.41, 5.74) is 3.10. The zero-order valence-electron chi connectivity index (χ0n) is 10.8. The van der Waals surface area contributed by atoms with E-state index < -0.39 is 9.84 Å². The van der Waals surface area contributed by atoms with Crippen LogP contribution in [0.4, 0.5) is 0 Å². The second kappa shape index (κ2) is 4.42. The van der Waals surface area contributed by atoms with E-state index in [9.17, 15) is 13.2 Å². The molecule has 3 aromatic rings. The molecule has 0 fully saturated rings. The molecule has 3 aromatic carbocycles. The van der Waals surface area contributed by atoms with E-state index in [-0.39, 0.29) is 10.3 Å². The van der Waals surface area contributed by atoms with Gasteiger partial charge in [0.15, 0.2) is 15.3 Å². The summed E-state index contributed by atoms with van der Waals surface area (Å²) < 4.78 is 22.8. The monoisotopic (exact) mass is 284 g/mol. The fourth-order valence-electron chi connectivity index (χ4n) is 2.19. The molecule has 0 spiro atoms. The van der Waals surface area contributed by atoms with Crippen LogP contribution in [0.25, 0.3) is 22.3 Å². The minimum atomic E-state index is -3.21. The van der Waals surface area contributed by atoms with Crippen LogP contribution in [0.2, 0.25) is 0 Å². The SMILES string of the molecule is CS(=O)(=O)c1ccc(-c2c(-c3ccccc3)c2=O)cc1. The molecular weight excluding hydrogens is 272 g/mol.